The molecule has 0 spiro atoms. The summed E-state index contributed by atoms with van der Waals surface area (Å²) in [5.41, 5.74) is 2.72. The molecule has 0 saturated heterocycles. The molecule has 3 unspecified atom stereocenters. The van der Waals surface area contributed by atoms with Gasteiger partial charge in [-0.25, -0.2) is 0 Å². The molecule has 100 valence electrons. The molecule has 1 aliphatic heterocycles. The lowest BCUT2D eigenvalue weighted by Crippen LogP contribution is -2.27. The second-order valence-corrected chi connectivity index (χ2v) is 5.69. The van der Waals surface area contributed by atoms with Crippen molar-refractivity contribution in [2.24, 2.45) is 11.8 Å². The first-order valence-electron chi connectivity index (χ1n) is 6.97. The lowest BCUT2D eigenvalue weighted by Gasteiger charge is -2.32. The van der Waals surface area contributed by atoms with Gasteiger partial charge in [0.25, 0.3) is 0 Å². The highest BCUT2D eigenvalue weighted by molar-refractivity contribution is 5.30. The van der Waals surface area contributed by atoms with Gasteiger partial charge in [0.1, 0.15) is 0 Å². The van der Waals surface area contributed by atoms with Crippen molar-refractivity contribution in [3.8, 4) is 0 Å². The fourth-order valence-electron chi connectivity index (χ4n) is 2.95. The molecule has 0 aromatic heterocycles. The number of ether oxygens (including phenoxy) is 1. The van der Waals surface area contributed by atoms with Crippen LogP contribution in [0.5, 0.6) is 0 Å². The van der Waals surface area contributed by atoms with Crippen molar-refractivity contribution in [2.75, 3.05) is 6.61 Å². The number of benzene rings is 1. The number of fused-ring (bicyclic) bond motifs is 1. The Morgan fingerprint density at radius 3 is 2.67 bits per heavy atom. The first-order valence-corrected chi connectivity index (χ1v) is 6.97. The Hall–Kier alpha value is -0.860. The molecular weight excluding hydrogens is 224 g/mol. The van der Waals surface area contributed by atoms with Crippen LogP contribution in [0.3, 0.4) is 0 Å². The Labute approximate surface area is 110 Å². The molecule has 0 bridgehead atoms. The fraction of sp³-hybridized carbons (Fsp3) is 0.625. The van der Waals surface area contributed by atoms with Crippen LogP contribution in [0.1, 0.15) is 44.4 Å². The van der Waals surface area contributed by atoms with Gasteiger partial charge in [0, 0.05) is 0 Å². The highest BCUT2D eigenvalue weighted by atomic mass is 16.5. The van der Waals surface area contributed by atoms with Gasteiger partial charge in [-0.05, 0) is 42.7 Å². The van der Waals surface area contributed by atoms with Crippen molar-refractivity contribution in [2.45, 2.75) is 45.8 Å². The van der Waals surface area contributed by atoms with Gasteiger partial charge in [-0.3, -0.25) is 0 Å². The predicted molar refractivity (Wildman–Crippen MR) is 73.5 cm³/mol. The van der Waals surface area contributed by atoms with E-state index < -0.39 is 0 Å². The summed E-state index contributed by atoms with van der Waals surface area (Å²) in [7, 11) is 0. The summed E-state index contributed by atoms with van der Waals surface area (Å²) >= 11 is 0. The van der Waals surface area contributed by atoms with Crippen molar-refractivity contribution in [3.05, 3.63) is 35.4 Å². The number of aliphatic hydroxyl groups excluding tert-OH is 1. The average Bonchev–Trinajstić information content (AvgIpc) is 2.35. The van der Waals surface area contributed by atoms with E-state index in [1.165, 1.54) is 11.1 Å². The van der Waals surface area contributed by atoms with E-state index in [4.69, 9.17) is 4.74 Å². The number of aliphatic hydroxyl groups is 1. The zero-order valence-electron chi connectivity index (χ0n) is 11.6. The van der Waals surface area contributed by atoms with E-state index in [0.29, 0.717) is 11.8 Å². The smallest absolute Gasteiger partial charge is 0.0831 e. The molecule has 1 N–H and O–H groups in total. The van der Waals surface area contributed by atoms with Crippen LogP contribution in [0, 0.1) is 11.8 Å². The summed E-state index contributed by atoms with van der Waals surface area (Å²) in [5, 5.41) is 9.91. The maximum atomic E-state index is 9.91. The van der Waals surface area contributed by atoms with Crippen LogP contribution in [-0.4, -0.2) is 17.8 Å². The Morgan fingerprint density at radius 1 is 1.28 bits per heavy atom. The summed E-state index contributed by atoms with van der Waals surface area (Å²) in [5.74, 6) is 0.767. The zero-order valence-corrected chi connectivity index (χ0v) is 11.6. The van der Waals surface area contributed by atoms with Gasteiger partial charge < -0.3 is 9.84 Å². The Bertz CT molecular complexity index is 376. The van der Waals surface area contributed by atoms with E-state index in [1.54, 1.807) is 0 Å². The highest BCUT2D eigenvalue weighted by Crippen LogP contribution is 2.35. The van der Waals surface area contributed by atoms with E-state index >= 15 is 0 Å². The molecule has 1 heterocycles. The summed E-state index contributed by atoms with van der Waals surface area (Å²) in [6.45, 7) is 7.03. The number of hydrogen-bond donors (Lipinski definition) is 1. The maximum absolute atomic E-state index is 9.91. The van der Waals surface area contributed by atoms with Crippen molar-refractivity contribution in [1.82, 2.24) is 0 Å². The number of hydrogen-bond acceptors (Lipinski definition) is 2. The van der Waals surface area contributed by atoms with E-state index in [2.05, 4.69) is 38.1 Å². The fourth-order valence-corrected chi connectivity index (χ4v) is 2.95. The van der Waals surface area contributed by atoms with Crippen LogP contribution in [0.2, 0.25) is 0 Å². The second kappa shape index (κ2) is 5.85. The van der Waals surface area contributed by atoms with Crippen LogP contribution in [0.15, 0.2) is 24.3 Å². The first-order chi connectivity index (χ1) is 8.59. The van der Waals surface area contributed by atoms with Gasteiger partial charge >= 0.3 is 0 Å². The van der Waals surface area contributed by atoms with Crippen molar-refractivity contribution >= 4 is 0 Å². The van der Waals surface area contributed by atoms with E-state index in [-0.39, 0.29) is 12.2 Å². The molecule has 0 saturated carbocycles. The van der Waals surface area contributed by atoms with Gasteiger partial charge in [0.15, 0.2) is 0 Å². The molecule has 0 amide bonds. The molecule has 0 fully saturated rings. The molecule has 0 aliphatic carbocycles. The molecular formula is C16H24O2. The van der Waals surface area contributed by atoms with Crippen LogP contribution >= 0.6 is 0 Å². The third-order valence-corrected chi connectivity index (χ3v) is 4.05. The molecule has 1 aromatic rings. The predicted octanol–water partition coefficient (Wildman–Crippen LogP) is 3.34. The van der Waals surface area contributed by atoms with Gasteiger partial charge in [-0.15, -0.1) is 0 Å². The monoisotopic (exact) mass is 248 g/mol. The highest BCUT2D eigenvalue weighted by Gasteiger charge is 2.27. The SMILES string of the molecule is CC(C)C(CC1OCCc2ccccc21)C(C)O. The minimum atomic E-state index is -0.275. The largest absolute Gasteiger partial charge is 0.393 e. The van der Waals surface area contributed by atoms with Crippen molar-refractivity contribution < 1.29 is 9.84 Å². The Balaban J connectivity index is 2.15. The van der Waals surface area contributed by atoms with Gasteiger partial charge in [0.2, 0.25) is 0 Å². The lowest BCUT2D eigenvalue weighted by molar-refractivity contribution is -0.00510. The summed E-state index contributed by atoms with van der Waals surface area (Å²) in [6.07, 6.45) is 1.79. The quantitative estimate of drug-likeness (QED) is 0.885. The van der Waals surface area contributed by atoms with E-state index in [0.717, 1.165) is 19.4 Å². The summed E-state index contributed by atoms with van der Waals surface area (Å²) < 4.78 is 5.92. The summed E-state index contributed by atoms with van der Waals surface area (Å²) in [4.78, 5) is 0. The molecule has 2 nitrogen and oxygen atoms in total. The molecule has 0 radical (unpaired) electrons. The van der Waals surface area contributed by atoms with Gasteiger partial charge in [-0.1, -0.05) is 38.1 Å². The third-order valence-electron chi connectivity index (χ3n) is 4.05. The van der Waals surface area contributed by atoms with Crippen LogP contribution < -0.4 is 0 Å². The molecule has 2 rings (SSSR count). The standard InChI is InChI=1S/C16H24O2/c1-11(2)15(12(3)17)10-16-14-7-5-4-6-13(14)8-9-18-16/h4-7,11-12,15-17H,8-10H2,1-3H3. The molecule has 3 atom stereocenters. The minimum Gasteiger partial charge on any atom is -0.393 e. The molecule has 2 heteroatoms. The maximum Gasteiger partial charge on any atom is 0.0831 e. The van der Waals surface area contributed by atoms with Crippen molar-refractivity contribution in [1.29, 1.82) is 0 Å². The normalized spacial score (nSPS) is 22.6. The first kappa shape index (κ1) is 13.6. The van der Waals surface area contributed by atoms with Gasteiger partial charge in [0.05, 0.1) is 18.8 Å². The zero-order chi connectivity index (χ0) is 13.1. The van der Waals surface area contributed by atoms with E-state index in [9.17, 15) is 5.11 Å². The third kappa shape index (κ3) is 2.93. The second-order valence-electron chi connectivity index (χ2n) is 5.69. The average molecular weight is 248 g/mol. The number of rotatable bonds is 4. The van der Waals surface area contributed by atoms with Crippen LogP contribution in [0.4, 0.5) is 0 Å². The van der Waals surface area contributed by atoms with Crippen molar-refractivity contribution in [3.63, 3.8) is 0 Å². The molecule has 1 aromatic carbocycles. The van der Waals surface area contributed by atoms with Crippen LogP contribution in [0.25, 0.3) is 0 Å². The van der Waals surface area contributed by atoms with E-state index in [1.807, 2.05) is 6.92 Å². The Morgan fingerprint density at radius 2 is 2.00 bits per heavy atom. The van der Waals surface area contributed by atoms with Crippen LogP contribution in [-0.2, 0) is 11.2 Å². The molecule has 1 aliphatic rings. The minimum absolute atomic E-state index is 0.150. The Kier molecular flexibility index (Phi) is 4.41. The van der Waals surface area contributed by atoms with Gasteiger partial charge in [-0.2, -0.15) is 0 Å². The summed E-state index contributed by atoms with van der Waals surface area (Å²) in [6, 6.07) is 8.53. The molecule has 18 heavy (non-hydrogen) atoms. The lowest BCUT2D eigenvalue weighted by atomic mass is 9.83. The topological polar surface area (TPSA) is 29.5 Å².